The summed E-state index contributed by atoms with van der Waals surface area (Å²) in [5.74, 6) is 3.00. The molecule has 1 fully saturated rings. The standard InChI is InChI=1S/C46H51Br2N9O6/c1-27(2)40(49-25-34(59)26-62-35-12-8-29(9-13-35)42-52-38-20-31(47)23-50-44(38)54-42)41(60)46(28(3)58,57-18-16-56(17-19-57)33-6-5-7-37(22-33)61-4)63-36-14-10-30(11-15-36)43-53-39-21-32(48)24-51-45(39)55-43/h5-15,20-24,27-28,34,40-41,49,58-60H,16-19,25-26H2,1-4H3,(H,50,52,54)(H,51,53,55). The summed E-state index contributed by atoms with van der Waals surface area (Å²) in [5.41, 5.74) is 3.95. The fraction of sp³-hybridized carbons (Fsp3) is 0.348. The van der Waals surface area contributed by atoms with Crippen molar-refractivity contribution in [2.45, 2.75) is 50.8 Å². The molecule has 0 saturated carbocycles. The number of ether oxygens (including phenoxy) is 3. The van der Waals surface area contributed by atoms with Gasteiger partial charge < -0.3 is 49.7 Å². The second-order valence-corrected chi connectivity index (χ2v) is 17.9. The Hall–Kier alpha value is -5.14. The van der Waals surface area contributed by atoms with Gasteiger partial charge in [-0.15, -0.1) is 0 Å². The van der Waals surface area contributed by atoms with Gasteiger partial charge in [-0.2, -0.15) is 0 Å². The van der Waals surface area contributed by atoms with Crippen molar-refractivity contribution in [2.24, 2.45) is 5.92 Å². The first-order valence-electron chi connectivity index (χ1n) is 20.9. The molecule has 1 aliphatic rings. The summed E-state index contributed by atoms with van der Waals surface area (Å²) < 4.78 is 20.1. The van der Waals surface area contributed by atoms with Crippen LogP contribution >= 0.6 is 31.9 Å². The van der Waals surface area contributed by atoms with Gasteiger partial charge in [0, 0.05) is 83.0 Å². The van der Waals surface area contributed by atoms with E-state index in [1.807, 2.05) is 104 Å². The number of benzene rings is 3. The number of aromatic nitrogens is 6. The van der Waals surface area contributed by atoms with Crippen LogP contribution in [0.1, 0.15) is 20.8 Å². The zero-order valence-electron chi connectivity index (χ0n) is 35.4. The first-order valence-corrected chi connectivity index (χ1v) is 22.5. The Morgan fingerprint density at radius 2 is 1.32 bits per heavy atom. The Morgan fingerprint density at radius 1 is 0.746 bits per heavy atom. The number of aliphatic hydroxyl groups excluding tert-OH is 3. The molecule has 4 aromatic heterocycles. The van der Waals surface area contributed by atoms with Crippen molar-refractivity contribution in [1.82, 2.24) is 40.1 Å². The van der Waals surface area contributed by atoms with Crippen molar-refractivity contribution >= 4 is 59.9 Å². The topological polar surface area (TPSA) is 190 Å². The Labute approximate surface area is 382 Å². The smallest absolute Gasteiger partial charge is 0.216 e. The van der Waals surface area contributed by atoms with Crippen molar-refractivity contribution in [3.05, 3.63) is 106 Å². The maximum absolute atomic E-state index is 12.7. The molecule has 330 valence electrons. The number of nitrogens with one attached hydrogen (secondary N) is 3. The number of H-pyrrole nitrogens is 2. The highest BCUT2D eigenvalue weighted by Crippen LogP contribution is 2.35. The molecule has 0 amide bonds. The van der Waals surface area contributed by atoms with Crippen molar-refractivity contribution in [3.8, 4) is 40.0 Å². The van der Waals surface area contributed by atoms with E-state index in [1.54, 1.807) is 26.4 Å². The van der Waals surface area contributed by atoms with E-state index >= 15 is 0 Å². The number of aliphatic hydroxyl groups is 3. The molecule has 1 saturated heterocycles. The molecule has 5 atom stereocenters. The Kier molecular flexibility index (Phi) is 13.6. The SMILES string of the molecule is COc1cccc(N2CCN(C(Oc3ccc(-c4nc5ncc(Br)cc5[nH]4)cc3)(C(C)O)C(O)C(NCC(O)COc3ccc(-c4nc5ncc(Br)cc5[nH]4)cc3)C(C)C)CC2)c1. The fourth-order valence-electron chi connectivity index (χ4n) is 8.12. The van der Waals surface area contributed by atoms with E-state index in [0.29, 0.717) is 60.6 Å². The molecule has 1 aliphatic heterocycles. The van der Waals surface area contributed by atoms with Gasteiger partial charge in [-0.05, 0) is 117 Å². The third kappa shape index (κ3) is 9.84. The normalized spacial score (nSPS) is 16.5. The average Bonchev–Trinajstić information content (AvgIpc) is 3.92. The minimum Gasteiger partial charge on any atom is -0.497 e. The number of methoxy groups -OCH3 is 1. The number of piperazine rings is 1. The van der Waals surface area contributed by atoms with Gasteiger partial charge in [0.1, 0.15) is 53.8 Å². The quantitative estimate of drug-likeness (QED) is 0.0560. The lowest BCUT2D eigenvalue weighted by atomic mass is 9.86. The number of halogens is 2. The van der Waals surface area contributed by atoms with E-state index < -0.39 is 30.1 Å². The second kappa shape index (κ2) is 19.3. The number of fused-ring (bicyclic) bond motifs is 2. The molecule has 6 N–H and O–H groups in total. The lowest BCUT2D eigenvalue weighted by molar-refractivity contribution is -0.222. The third-order valence-electron chi connectivity index (χ3n) is 11.4. The molecule has 0 aliphatic carbocycles. The summed E-state index contributed by atoms with van der Waals surface area (Å²) in [6, 6.07) is 26.0. The van der Waals surface area contributed by atoms with Gasteiger partial charge in [0.25, 0.3) is 0 Å². The number of aromatic amines is 2. The molecule has 8 rings (SSSR count). The summed E-state index contributed by atoms with van der Waals surface area (Å²) in [4.78, 5) is 28.9. The van der Waals surface area contributed by atoms with Crippen LogP contribution in [0.2, 0.25) is 0 Å². The molecule has 0 bridgehead atoms. The van der Waals surface area contributed by atoms with E-state index in [9.17, 15) is 15.3 Å². The van der Waals surface area contributed by atoms with Gasteiger partial charge in [0.05, 0.1) is 18.1 Å². The second-order valence-electron chi connectivity index (χ2n) is 16.1. The summed E-state index contributed by atoms with van der Waals surface area (Å²) in [7, 11) is 1.65. The molecule has 0 spiro atoms. The number of rotatable bonds is 17. The van der Waals surface area contributed by atoms with Crippen molar-refractivity contribution in [2.75, 3.05) is 51.3 Å². The third-order valence-corrected chi connectivity index (χ3v) is 12.3. The van der Waals surface area contributed by atoms with Crippen LogP contribution in [0, 0.1) is 5.92 Å². The maximum atomic E-state index is 12.7. The monoisotopic (exact) mass is 983 g/mol. The van der Waals surface area contributed by atoms with Crippen LogP contribution in [-0.2, 0) is 0 Å². The van der Waals surface area contributed by atoms with Crippen molar-refractivity contribution in [1.29, 1.82) is 0 Å². The van der Waals surface area contributed by atoms with E-state index in [1.165, 1.54) is 0 Å². The first-order chi connectivity index (χ1) is 30.4. The molecule has 7 aromatic rings. The number of hydrogen-bond donors (Lipinski definition) is 6. The Morgan fingerprint density at radius 3 is 1.86 bits per heavy atom. The molecule has 5 unspecified atom stereocenters. The minimum atomic E-state index is -1.60. The van der Waals surface area contributed by atoms with Crippen molar-refractivity contribution < 1.29 is 29.5 Å². The van der Waals surface area contributed by atoms with Gasteiger partial charge in [-0.1, -0.05) is 19.9 Å². The van der Waals surface area contributed by atoms with Crippen LogP contribution in [0.25, 0.3) is 45.1 Å². The molecule has 5 heterocycles. The van der Waals surface area contributed by atoms with Gasteiger partial charge in [-0.25, -0.2) is 19.9 Å². The van der Waals surface area contributed by atoms with Crippen LogP contribution in [0.15, 0.2) is 106 Å². The van der Waals surface area contributed by atoms with Crippen LogP contribution in [0.5, 0.6) is 17.2 Å². The fourth-order valence-corrected chi connectivity index (χ4v) is 8.79. The highest BCUT2D eigenvalue weighted by Gasteiger charge is 2.54. The molecule has 63 heavy (non-hydrogen) atoms. The summed E-state index contributed by atoms with van der Waals surface area (Å²) in [5, 5.41) is 39.2. The van der Waals surface area contributed by atoms with Crippen LogP contribution < -0.4 is 24.4 Å². The van der Waals surface area contributed by atoms with E-state index in [2.05, 4.69) is 72.0 Å². The molecule has 15 nitrogen and oxygen atoms in total. The van der Waals surface area contributed by atoms with E-state index in [-0.39, 0.29) is 19.1 Å². The molecule has 17 heteroatoms. The summed E-state index contributed by atoms with van der Waals surface area (Å²) in [6.45, 7) is 7.92. The number of pyridine rings is 2. The predicted octanol–water partition coefficient (Wildman–Crippen LogP) is 6.79. The lowest BCUT2D eigenvalue weighted by Gasteiger charge is -2.53. The van der Waals surface area contributed by atoms with E-state index in [4.69, 9.17) is 14.2 Å². The maximum Gasteiger partial charge on any atom is 0.216 e. The molecule has 3 aromatic carbocycles. The highest BCUT2D eigenvalue weighted by molar-refractivity contribution is 9.10. The first kappa shape index (κ1) is 44.5. The van der Waals surface area contributed by atoms with Crippen LogP contribution in [0.4, 0.5) is 5.69 Å². The summed E-state index contributed by atoms with van der Waals surface area (Å²) >= 11 is 6.92. The van der Waals surface area contributed by atoms with Gasteiger partial charge >= 0.3 is 0 Å². The Balaban J connectivity index is 0.987. The molecule has 0 radical (unpaired) electrons. The molecular formula is C46H51Br2N9O6. The minimum absolute atomic E-state index is 0.00499. The lowest BCUT2D eigenvalue weighted by Crippen LogP contribution is -2.74. The number of anilines is 1. The summed E-state index contributed by atoms with van der Waals surface area (Å²) in [6.07, 6.45) is 0.0642. The largest absolute Gasteiger partial charge is 0.497 e. The Bertz CT molecular complexity index is 2620. The number of imidazole rings is 2. The van der Waals surface area contributed by atoms with Crippen molar-refractivity contribution in [3.63, 3.8) is 0 Å². The number of nitrogens with zero attached hydrogens (tertiary/aromatic N) is 6. The van der Waals surface area contributed by atoms with E-state index in [0.717, 1.165) is 42.5 Å². The average molecular weight is 986 g/mol. The van der Waals surface area contributed by atoms with Gasteiger partial charge in [0.15, 0.2) is 11.3 Å². The van der Waals surface area contributed by atoms with Crippen LogP contribution in [0.3, 0.4) is 0 Å². The van der Waals surface area contributed by atoms with Gasteiger partial charge in [0.2, 0.25) is 5.72 Å². The van der Waals surface area contributed by atoms with Crippen LogP contribution in [-0.4, -0.2) is 127 Å². The number of hydrogen-bond acceptors (Lipinski definition) is 13. The zero-order valence-corrected chi connectivity index (χ0v) is 38.5. The predicted molar refractivity (Wildman–Crippen MR) is 250 cm³/mol. The zero-order chi connectivity index (χ0) is 44.3. The molecular weight excluding hydrogens is 934 g/mol. The highest BCUT2D eigenvalue weighted by atomic mass is 79.9. The van der Waals surface area contributed by atoms with Gasteiger partial charge in [-0.3, -0.25) is 4.90 Å².